The van der Waals surface area contributed by atoms with Crippen LogP contribution >= 0.6 is 23.2 Å². The number of hydrazine groups is 1. The fourth-order valence-corrected chi connectivity index (χ4v) is 2.52. The summed E-state index contributed by atoms with van der Waals surface area (Å²) < 4.78 is 5.34. The van der Waals surface area contributed by atoms with E-state index in [1.165, 1.54) is 0 Å². The van der Waals surface area contributed by atoms with Gasteiger partial charge in [0.1, 0.15) is 5.75 Å². The molecule has 1 atom stereocenters. The van der Waals surface area contributed by atoms with Crippen LogP contribution in [0.5, 0.6) is 5.75 Å². The molecule has 2 aromatic rings. The van der Waals surface area contributed by atoms with Crippen molar-refractivity contribution in [1.82, 2.24) is 5.43 Å². The van der Waals surface area contributed by atoms with Gasteiger partial charge in [-0.15, -0.1) is 0 Å². The minimum Gasteiger partial charge on any atom is -0.496 e. The first-order valence-electron chi connectivity index (χ1n) is 6.12. The lowest BCUT2D eigenvalue weighted by molar-refractivity contribution is 0.410. The molecule has 3 nitrogen and oxygen atoms in total. The highest BCUT2D eigenvalue weighted by Gasteiger charge is 2.17. The molecule has 1 unspecified atom stereocenters. The minimum absolute atomic E-state index is 0.254. The average Bonchev–Trinajstić information content (AvgIpc) is 2.45. The van der Waals surface area contributed by atoms with E-state index in [4.69, 9.17) is 33.8 Å². The summed E-state index contributed by atoms with van der Waals surface area (Å²) >= 11 is 12.3. The predicted octanol–water partition coefficient (Wildman–Crippen LogP) is 3.86. The number of benzene rings is 2. The van der Waals surface area contributed by atoms with Crippen molar-refractivity contribution in [3.8, 4) is 5.75 Å². The maximum atomic E-state index is 6.24. The van der Waals surface area contributed by atoms with Crippen LogP contribution in [0.15, 0.2) is 36.4 Å². The Balaban J connectivity index is 2.49. The predicted molar refractivity (Wildman–Crippen MR) is 83.4 cm³/mol. The second-order valence-corrected chi connectivity index (χ2v) is 5.34. The number of hydrogen-bond donors (Lipinski definition) is 2. The van der Waals surface area contributed by atoms with E-state index in [0.717, 1.165) is 22.4 Å². The fourth-order valence-electron chi connectivity index (χ4n) is 2.12. The Bertz CT molecular complexity index is 617. The number of rotatable bonds is 4. The van der Waals surface area contributed by atoms with E-state index in [0.29, 0.717) is 10.0 Å². The lowest BCUT2D eigenvalue weighted by Gasteiger charge is -2.19. The Hall–Kier alpha value is -1.26. The topological polar surface area (TPSA) is 47.3 Å². The molecule has 0 amide bonds. The van der Waals surface area contributed by atoms with E-state index in [2.05, 4.69) is 5.43 Å². The van der Waals surface area contributed by atoms with E-state index in [1.807, 2.05) is 25.1 Å². The molecule has 0 bridgehead atoms. The van der Waals surface area contributed by atoms with E-state index in [9.17, 15) is 0 Å². The van der Waals surface area contributed by atoms with Crippen LogP contribution in [-0.2, 0) is 0 Å². The first-order chi connectivity index (χ1) is 9.56. The highest BCUT2D eigenvalue weighted by molar-refractivity contribution is 6.33. The van der Waals surface area contributed by atoms with Gasteiger partial charge in [0.05, 0.1) is 13.2 Å². The first kappa shape index (κ1) is 15.1. The molecular weight excluding hydrogens is 295 g/mol. The summed E-state index contributed by atoms with van der Waals surface area (Å²) in [6, 6.07) is 11.0. The summed E-state index contributed by atoms with van der Waals surface area (Å²) in [6.45, 7) is 1.99. The molecule has 0 heterocycles. The number of aryl methyl sites for hydroxylation is 1. The molecule has 0 radical (unpaired) electrons. The quantitative estimate of drug-likeness (QED) is 0.666. The van der Waals surface area contributed by atoms with Crippen molar-refractivity contribution < 1.29 is 4.74 Å². The number of hydrogen-bond acceptors (Lipinski definition) is 3. The molecular formula is C15H16Cl2N2O. The Morgan fingerprint density at radius 3 is 2.55 bits per heavy atom. The molecule has 5 heteroatoms. The maximum absolute atomic E-state index is 6.24. The van der Waals surface area contributed by atoms with Gasteiger partial charge >= 0.3 is 0 Å². The third kappa shape index (κ3) is 3.07. The molecule has 0 fully saturated rings. The largest absolute Gasteiger partial charge is 0.496 e. The Morgan fingerprint density at radius 1 is 1.15 bits per heavy atom. The summed E-state index contributed by atoms with van der Waals surface area (Å²) in [7, 11) is 1.64. The van der Waals surface area contributed by atoms with Gasteiger partial charge in [0.15, 0.2) is 0 Å². The Labute approximate surface area is 128 Å². The van der Waals surface area contributed by atoms with Gasteiger partial charge in [0.2, 0.25) is 0 Å². The standard InChI is InChI=1S/C15H16Cl2N2O/c1-9-3-4-10(7-14(9)20-2)15(19-18)12-8-11(16)5-6-13(12)17/h3-8,15,19H,18H2,1-2H3. The average molecular weight is 311 g/mol. The van der Waals surface area contributed by atoms with Crippen molar-refractivity contribution in [2.75, 3.05) is 7.11 Å². The van der Waals surface area contributed by atoms with Crippen molar-refractivity contribution in [1.29, 1.82) is 0 Å². The number of methoxy groups -OCH3 is 1. The lowest BCUT2D eigenvalue weighted by atomic mass is 9.98. The van der Waals surface area contributed by atoms with Gasteiger partial charge in [-0.2, -0.15) is 0 Å². The van der Waals surface area contributed by atoms with Gasteiger partial charge in [0, 0.05) is 10.0 Å². The summed E-state index contributed by atoms with van der Waals surface area (Å²) in [6.07, 6.45) is 0. The molecule has 106 valence electrons. The van der Waals surface area contributed by atoms with Gasteiger partial charge in [-0.25, -0.2) is 5.43 Å². The highest BCUT2D eigenvalue weighted by atomic mass is 35.5. The van der Waals surface area contributed by atoms with Crippen LogP contribution in [0.2, 0.25) is 10.0 Å². The molecule has 3 N–H and O–H groups in total. The van der Waals surface area contributed by atoms with Crippen LogP contribution < -0.4 is 16.0 Å². The van der Waals surface area contributed by atoms with Crippen molar-refractivity contribution in [3.05, 3.63) is 63.1 Å². The van der Waals surface area contributed by atoms with Crippen molar-refractivity contribution in [2.24, 2.45) is 5.84 Å². The minimum atomic E-state index is -0.254. The molecule has 0 saturated heterocycles. The smallest absolute Gasteiger partial charge is 0.122 e. The van der Waals surface area contributed by atoms with E-state index < -0.39 is 0 Å². The molecule has 0 aliphatic heterocycles. The number of nitrogens with one attached hydrogen (secondary N) is 1. The summed E-state index contributed by atoms with van der Waals surface area (Å²) in [5, 5.41) is 1.22. The normalized spacial score (nSPS) is 12.2. The van der Waals surface area contributed by atoms with Crippen molar-refractivity contribution in [3.63, 3.8) is 0 Å². The maximum Gasteiger partial charge on any atom is 0.122 e. The van der Waals surface area contributed by atoms with E-state index in [-0.39, 0.29) is 6.04 Å². The summed E-state index contributed by atoms with van der Waals surface area (Å²) in [5.41, 5.74) is 5.62. The zero-order valence-corrected chi connectivity index (χ0v) is 12.8. The second-order valence-electron chi connectivity index (χ2n) is 4.49. The van der Waals surface area contributed by atoms with Gasteiger partial charge in [-0.05, 0) is 47.9 Å². The van der Waals surface area contributed by atoms with Crippen LogP contribution in [0.3, 0.4) is 0 Å². The van der Waals surface area contributed by atoms with Crippen molar-refractivity contribution in [2.45, 2.75) is 13.0 Å². The van der Waals surface area contributed by atoms with Crippen LogP contribution in [0.25, 0.3) is 0 Å². The third-order valence-electron chi connectivity index (χ3n) is 3.20. The van der Waals surface area contributed by atoms with Crippen LogP contribution in [0.4, 0.5) is 0 Å². The highest BCUT2D eigenvalue weighted by Crippen LogP contribution is 2.32. The van der Waals surface area contributed by atoms with E-state index >= 15 is 0 Å². The van der Waals surface area contributed by atoms with Crippen LogP contribution in [-0.4, -0.2) is 7.11 Å². The molecule has 0 spiro atoms. The number of nitrogens with two attached hydrogens (primary N) is 1. The Morgan fingerprint density at radius 2 is 1.90 bits per heavy atom. The molecule has 0 saturated carbocycles. The molecule has 2 aromatic carbocycles. The number of halogens is 2. The van der Waals surface area contributed by atoms with Gasteiger partial charge in [0.25, 0.3) is 0 Å². The monoisotopic (exact) mass is 310 g/mol. The fraction of sp³-hybridized carbons (Fsp3) is 0.200. The SMILES string of the molecule is COc1cc(C(NN)c2cc(Cl)ccc2Cl)ccc1C. The molecule has 20 heavy (non-hydrogen) atoms. The summed E-state index contributed by atoms with van der Waals surface area (Å²) in [4.78, 5) is 0. The van der Waals surface area contributed by atoms with Gasteiger partial charge < -0.3 is 4.74 Å². The molecule has 0 aliphatic rings. The zero-order valence-electron chi connectivity index (χ0n) is 11.3. The lowest BCUT2D eigenvalue weighted by Crippen LogP contribution is -2.29. The first-order valence-corrected chi connectivity index (χ1v) is 6.88. The molecule has 0 aromatic heterocycles. The van der Waals surface area contributed by atoms with Gasteiger partial charge in [-0.1, -0.05) is 35.3 Å². The Kier molecular flexibility index (Phi) is 4.89. The van der Waals surface area contributed by atoms with Crippen molar-refractivity contribution >= 4 is 23.2 Å². The van der Waals surface area contributed by atoms with Crippen LogP contribution in [0.1, 0.15) is 22.7 Å². The number of ether oxygens (including phenoxy) is 1. The summed E-state index contributed by atoms with van der Waals surface area (Å²) in [5.74, 6) is 6.50. The third-order valence-corrected chi connectivity index (χ3v) is 3.78. The van der Waals surface area contributed by atoms with Crippen LogP contribution in [0, 0.1) is 6.92 Å². The molecule has 0 aliphatic carbocycles. The molecule has 2 rings (SSSR count). The second kappa shape index (κ2) is 6.46. The van der Waals surface area contributed by atoms with Gasteiger partial charge in [-0.3, -0.25) is 5.84 Å². The zero-order chi connectivity index (χ0) is 14.7. The van der Waals surface area contributed by atoms with E-state index in [1.54, 1.807) is 25.3 Å².